The number of nitrogens with zero attached hydrogens (tertiary/aromatic N) is 3. The molecular formula is C21H20FN5O3S. The first kappa shape index (κ1) is 20.7. The second kappa shape index (κ2) is 9.09. The summed E-state index contributed by atoms with van der Waals surface area (Å²) in [5, 5.41) is 14.5. The van der Waals surface area contributed by atoms with Crippen LogP contribution < -0.4 is 15.4 Å². The van der Waals surface area contributed by atoms with Crippen LogP contribution >= 0.6 is 11.3 Å². The predicted octanol–water partition coefficient (Wildman–Crippen LogP) is 3.99. The number of ether oxygens (including phenoxy) is 1. The van der Waals surface area contributed by atoms with Crippen LogP contribution in [-0.4, -0.2) is 46.7 Å². The number of hydrogen-bond acceptors (Lipinski definition) is 6. The topological polar surface area (TPSA) is 96.5 Å². The van der Waals surface area contributed by atoms with Crippen molar-refractivity contribution in [2.75, 3.05) is 24.3 Å². The van der Waals surface area contributed by atoms with Crippen LogP contribution in [0.25, 0.3) is 10.6 Å². The summed E-state index contributed by atoms with van der Waals surface area (Å²) >= 11 is 1.19. The number of hydrogen-bond donors (Lipinski definition) is 2. The van der Waals surface area contributed by atoms with Crippen molar-refractivity contribution < 1.29 is 18.7 Å². The van der Waals surface area contributed by atoms with E-state index in [0.29, 0.717) is 40.1 Å². The third kappa shape index (κ3) is 4.80. The number of carbonyl (C=O) groups is 2. The number of amides is 3. The number of methoxy groups -OCH3 is 1. The molecular weight excluding hydrogens is 421 g/mol. The summed E-state index contributed by atoms with van der Waals surface area (Å²) in [5.74, 6) is -0.0304. The summed E-state index contributed by atoms with van der Waals surface area (Å²) in [4.78, 5) is 27.1. The molecule has 2 heterocycles. The number of anilines is 2. The molecule has 1 aliphatic heterocycles. The molecule has 160 valence electrons. The van der Waals surface area contributed by atoms with Crippen molar-refractivity contribution in [2.24, 2.45) is 0 Å². The molecule has 0 bridgehead atoms. The highest BCUT2D eigenvalue weighted by molar-refractivity contribution is 7.18. The van der Waals surface area contributed by atoms with Crippen LogP contribution in [0.3, 0.4) is 0 Å². The number of urea groups is 1. The van der Waals surface area contributed by atoms with E-state index in [4.69, 9.17) is 4.74 Å². The van der Waals surface area contributed by atoms with Gasteiger partial charge in [-0.05, 0) is 49.2 Å². The molecule has 10 heteroatoms. The van der Waals surface area contributed by atoms with Gasteiger partial charge in [-0.3, -0.25) is 10.1 Å². The first-order valence-corrected chi connectivity index (χ1v) is 10.5. The van der Waals surface area contributed by atoms with Gasteiger partial charge in [0, 0.05) is 23.9 Å². The van der Waals surface area contributed by atoms with Gasteiger partial charge < -0.3 is 15.0 Å². The Hall–Kier alpha value is -3.53. The first-order chi connectivity index (χ1) is 15.0. The van der Waals surface area contributed by atoms with Crippen LogP contribution in [0.1, 0.15) is 12.8 Å². The predicted molar refractivity (Wildman–Crippen MR) is 116 cm³/mol. The third-order valence-corrected chi connectivity index (χ3v) is 5.77. The molecule has 2 N–H and O–H groups in total. The lowest BCUT2D eigenvalue weighted by molar-refractivity contribution is -0.119. The third-order valence-electron chi connectivity index (χ3n) is 4.88. The lowest BCUT2D eigenvalue weighted by atomic mass is 10.2. The fraction of sp³-hybridized carbons (Fsp3) is 0.238. The number of likely N-dealkylation sites (tertiary alicyclic amines) is 1. The highest BCUT2D eigenvalue weighted by atomic mass is 32.1. The van der Waals surface area contributed by atoms with Crippen molar-refractivity contribution in [3.8, 4) is 16.3 Å². The van der Waals surface area contributed by atoms with Gasteiger partial charge in [-0.1, -0.05) is 17.4 Å². The molecule has 0 aliphatic carbocycles. The van der Waals surface area contributed by atoms with E-state index in [1.165, 1.54) is 28.4 Å². The Bertz CT molecular complexity index is 1090. The lowest BCUT2D eigenvalue weighted by Gasteiger charge is -2.23. The Balaban J connectivity index is 1.41. The number of aromatic nitrogens is 2. The van der Waals surface area contributed by atoms with Gasteiger partial charge in [-0.2, -0.15) is 0 Å². The number of halogens is 1. The molecule has 4 rings (SSSR count). The maximum Gasteiger partial charge on any atom is 0.322 e. The molecule has 1 aromatic heterocycles. The van der Waals surface area contributed by atoms with E-state index < -0.39 is 6.04 Å². The van der Waals surface area contributed by atoms with E-state index in [-0.39, 0.29) is 17.8 Å². The van der Waals surface area contributed by atoms with Gasteiger partial charge in [0.2, 0.25) is 11.0 Å². The second-order valence-corrected chi connectivity index (χ2v) is 7.90. The fourth-order valence-corrected chi connectivity index (χ4v) is 4.10. The summed E-state index contributed by atoms with van der Waals surface area (Å²) in [6.07, 6.45) is 1.28. The molecule has 1 atom stereocenters. The van der Waals surface area contributed by atoms with Crippen molar-refractivity contribution in [1.82, 2.24) is 15.1 Å². The zero-order valence-corrected chi connectivity index (χ0v) is 17.5. The average Bonchev–Trinajstić information content (AvgIpc) is 3.44. The molecule has 0 radical (unpaired) electrons. The molecule has 8 nitrogen and oxygen atoms in total. The van der Waals surface area contributed by atoms with Gasteiger partial charge in [-0.25, -0.2) is 9.18 Å². The maximum atomic E-state index is 13.1. The Kier molecular flexibility index (Phi) is 6.08. The highest BCUT2D eigenvalue weighted by Gasteiger charge is 2.34. The Labute approximate surface area is 182 Å². The molecule has 3 amide bonds. The minimum Gasteiger partial charge on any atom is -0.497 e. The normalized spacial score (nSPS) is 15.5. The number of benzene rings is 2. The molecule has 1 saturated heterocycles. The Morgan fingerprint density at radius 3 is 2.74 bits per heavy atom. The summed E-state index contributed by atoms with van der Waals surface area (Å²) in [6, 6.07) is 11.9. The number of nitrogens with one attached hydrogen (secondary N) is 2. The van der Waals surface area contributed by atoms with Gasteiger partial charge in [0.15, 0.2) is 0 Å². The van der Waals surface area contributed by atoms with E-state index >= 15 is 0 Å². The number of carbonyl (C=O) groups excluding carboxylic acids is 2. The van der Waals surface area contributed by atoms with E-state index in [1.54, 1.807) is 43.5 Å². The van der Waals surface area contributed by atoms with Gasteiger partial charge >= 0.3 is 6.03 Å². The van der Waals surface area contributed by atoms with Crippen LogP contribution in [0.5, 0.6) is 5.75 Å². The minimum absolute atomic E-state index is 0.319. The molecule has 1 fully saturated rings. The highest BCUT2D eigenvalue weighted by Crippen LogP contribution is 2.28. The molecule has 1 unspecified atom stereocenters. The van der Waals surface area contributed by atoms with Crippen LogP contribution in [0.4, 0.5) is 20.0 Å². The standard InChI is InChI=1S/C21H20FN5O3S/c1-30-16-5-2-4-15(12-16)23-21(29)27-11-3-6-17(27)18(28)24-20-26-25-19(31-20)13-7-9-14(22)10-8-13/h2,4-5,7-10,12,17H,3,6,11H2,1H3,(H,23,29)(H,24,26,28). The summed E-state index contributed by atoms with van der Waals surface area (Å²) < 4.78 is 18.3. The van der Waals surface area contributed by atoms with Gasteiger partial charge in [0.05, 0.1) is 7.11 Å². The second-order valence-electron chi connectivity index (χ2n) is 6.92. The van der Waals surface area contributed by atoms with Crippen LogP contribution in [0, 0.1) is 5.82 Å². The van der Waals surface area contributed by atoms with Crippen molar-refractivity contribution in [1.29, 1.82) is 0 Å². The number of rotatable bonds is 5. The van der Waals surface area contributed by atoms with E-state index in [2.05, 4.69) is 20.8 Å². The summed E-state index contributed by atoms with van der Waals surface area (Å²) in [5.41, 5.74) is 1.29. The quantitative estimate of drug-likeness (QED) is 0.624. The molecule has 1 aliphatic rings. The Morgan fingerprint density at radius 1 is 1.16 bits per heavy atom. The van der Waals surface area contributed by atoms with Crippen molar-refractivity contribution >= 4 is 34.1 Å². The van der Waals surface area contributed by atoms with Crippen LogP contribution in [-0.2, 0) is 4.79 Å². The average molecular weight is 441 g/mol. The minimum atomic E-state index is -0.608. The van der Waals surface area contributed by atoms with E-state index in [9.17, 15) is 14.0 Å². The molecule has 0 spiro atoms. The molecule has 0 saturated carbocycles. The summed E-state index contributed by atoms with van der Waals surface area (Å²) in [6.45, 7) is 0.477. The van der Waals surface area contributed by atoms with Gasteiger partial charge in [0.25, 0.3) is 0 Å². The van der Waals surface area contributed by atoms with Crippen molar-refractivity contribution in [3.05, 3.63) is 54.3 Å². The SMILES string of the molecule is COc1cccc(NC(=O)N2CCCC2C(=O)Nc2nnc(-c3ccc(F)cc3)s2)c1. The zero-order valence-electron chi connectivity index (χ0n) is 16.7. The Morgan fingerprint density at radius 2 is 1.97 bits per heavy atom. The van der Waals surface area contributed by atoms with Crippen molar-refractivity contribution in [3.63, 3.8) is 0 Å². The summed E-state index contributed by atoms with van der Waals surface area (Å²) in [7, 11) is 1.55. The lowest BCUT2D eigenvalue weighted by Crippen LogP contribution is -2.45. The van der Waals surface area contributed by atoms with Crippen molar-refractivity contribution in [2.45, 2.75) is 18.9 Å². The monoisotopic (exact) mass is 441 g/mol. The maximum absolute atomic E-state index is 13.1. The molecule has 2 aromatic carbocycles. The zero-order chi connectivity index (χ0) is 21.8. The van der Waals surface area contributed by atoms with Crippen LogP contribution in [0.2, 0.25) is 0 Å². The van der Waals surface area contributed by atoms with E-state index in [1.807, 2.05) is 0 Å². The largest absolute Gasteiger partial charge is 0.497 e. The van der Waals surface area contributed by atoms with Gasteiger partial charge in [0.1, 0.15) is 22.6 Å². The first-order valence-electron chi connectivity index (χ1n) is 9.65. The molecule has 31 heavy (non-hydrogen) atoms. The van der Waals surface area contributed by atoms with Gasteiger partial charge in [-0.15, -0.1) is 10.2 Å². The van der Waals surface area contributed by atoms with E-state index in [0.717, 1.165) is 6.42 Å². The fourth-order valence-electron chi connectivity index (χ4n) is 3.35. The smallest absolute Gasteiger partial charge is 0.322 e. The molecule has 3 aromatic rings. The van der Waals surface area contributed by atoms with Crippen LogP contribution in [0.15, 0.2) is 48.5 Å².